The van der Waals surface area contributed by atoms with E-state index in [0.717, 1.165) is 19.3 Å². The van der Waals surface area contributed by atoms with E-state index in [1.165, 1.54) is 22.2 Å². The van der Waals surface area contributed by atoms with Crippen LogP contribution in [0.2, 0.25) is 0 Å². The van der Waals surface area contributed by atoms with Gasteiger partial charge in [-0.05, 0) is 18.9 Å². The van der Waals surface area contributed by atoms with Crippen molar-refractivity contribution in [3.05, 3.63) is 41.6 Å². The molecule has 1 atom stereocenters. The Morgan fingerprint density at radius 3 is 3.00 bits per heavy atom. The second-order valence-corrected chi connectivity index (χ2v) is 4.79. The Morgan fingerprint density at radius 2 is 2.24 bits per heavy atom. The van der Waals surface area contributed by atoms with Crippen LogP contribution in [0, 0.1) is 0 Å². The average Bonchev–Trinajstić information content (AvgIpc) is 2.86. The minimum atomic E-state index is 0.250. The first-order valence-corrected chi connectivity index (χ1v) is 6.10. The van der Waals surface area contributed by atoms with Crippen molar-refractivity contribution in [1.29, 1.82) is 0 Å². The highest BCUT2D eigenvalue weighted by Gasteiger charge is 2.15. The van der Waals surface area contributed by atoms with Crippen LogP contribution in [-0.4, -0.2) is 15.8 Å². The second kappa shape index (κ2) is 4.00. The van der Waals surface area contributed by atoms with Gasteiger partial charge in [-0.1, -0.05) is 29.8 Å². The van der Waals surface area contributed by atoms with Gasteiger partial charge < -0.3 is 5.73 Å². The highest BCUT2D eigenvalue weighted by atomic mass is 15.3. The summed E-state index contributed by atoms with van der Waals surface area (Å²) in [5, 5.41) is 5.87. The van der Waals surface area contributed by atoms with E-state index in [-0.39, 0.29) is 6.04 Å². The highest BCUT2D eigenvalue weighted by Crippen LogP contribution is 2.25. The molecule has 1 aromatic carbocycles. The molecule has 1 heterocycles. The van der Waals surface area contributed by atoms with E-state index in [9.17, 15) is 0 Å². The topological polar surface area (TPSA) is 43.8 Å². The third-order valence-corrected chi connectivity index (χ3v) is 3.48. The summed E-state index contributed by atoms with van der Waals surface area (Å²) in [5.41, 5.74) is 9.70. The lowest BCUT2D eigenvalue weighted by Crippen LogP contribution is -2.11. The van der Waals surface area contributed by atoms with Gasteiger partial charge in [0.2, 0.25) is 0 Å². The number of para-hydroxylation sites is 1. The van der Waals surface area contributed by atoms with Crippen molar-refractivity contribution >= 4 is 10.9 Å². The molecule has 3 nitrogen and oxygen atoms in total. The Balaban J connectivity index is 1.98. The zero-order chi connectivity index (χ0) is 11.8. The van der Waals surface area contributed by atoms with Crippen molar-refractivity contribution in [2.45, 2.75) is 25.3 Å². The molecule has 0 radical (unpaired) electrons. The number of aryl methyl sites for hydroxylation is 1. The lowest BCUT2D eigenvalue weighted by Gasteiger charge is -1.98. The van der Waals surface area contributed by atoms with Gasteiger partial charge >= 0.3 is 0 Å². The van der Waals surface area contributed by atoms with Gasteiger partial charge in [0.25, 0.3) is 0 Å². The predicted molar refractivity (Wildman–Crippen MR) is 69.7 cm³/mol. The van der Waals surface area contributed by atoms with Crippen molar-refractivity contribution in [2.24, 2.45) is 12.8 Å². The molecule has 0 spiro atoms. The van der Waals surface area contributed by atoms with E-state index in [0.29, 0.717) is 0 Å². The third-order valence-electron chi connectivity index (χ3n) is 3.48. The van der Waals surface area contributed by atoms with Crippen LogP contribution in [0.1, 0.15) is 18.5 Å². The number of nitrogens with zero attached hydrogens (tertiary/aromatic N) is 2. The number of rotatable bonds is 2. The van der Waals surface area contributed by atoms with Crippen molar-refractivity contribution in [3.63, 3.8) is 0 Å². The monoisotopic (exact) mass is 227 g/mol. The summed E-state index contributed by atoms with van der Waals surface area (Å²) < 4.78 is 1.96. The molecule has 17 heavy (non-hydrogen) atoms. The summed E-state index contributed by atoms with van der Waals surface area (Å²) in [6, 6.07) is 8.63. The van der Waals surface area contributed by atoms with Crippen LogP contribution in [0.25, 0.3) is 10.9 Å². The summed E-state index contributed by atoms with van der Waals surface area (Å²) in [5.74, 6) is 0. The summed E-state index contributed by atoms with van der Waals surface area (Å²) >= 11 is 0. The van der Waals surface area contributed by atoms with E-state index in [1.807, 2.05) is 11.7 Å². The maximum Gasteiger partial charge on any atom is 0.0743 e. The molecule has 1 aliphatic rings. The Morgan fingerprint density at radius 1 is 1.41 bits per heavy atom. The average molecular weight is 227 g/mol. The molecule has 3 heteroatoms. The van der Waals surface area contributed by atoms with Crippen molar-refractivity contribution < 1.29 is 0 Å². The highest BCUT2D eigenvalue weighted by molar-refractivity contribution is 5.82. The smallest absolute Gasteiger partial charge is 0.0743 e. The molecule has 0 amide bonds. The van der Waals surface area contributed by atoms with Crippen LogP contribution in [0.3, 0.4) is 0 Å². The molecule has 0 bridgehead atoms. The van der Waals surface area contributed by atoms with Crippen molar-refractivity contribution in [1.82, 2.24) is 9.78 Å². The fourth-order valence-corrected chi connectivity index (χ4v) is 2.60. The molecule has 1 aliphatic carbocycles. The van der Waals surface area contributed by atoms with E-state index < -0.39 is 0 Å². The standard InChI is InChI=1S/C14H17N3/c1-17-14-5-3-2-4-12(14)13(16-17)9-10-6-7-11(15)8-10/h2-5,8,11H,6-7,9,15H2,1H3. The van der Waals surface area contributed by atoms with Crippen LogP contribution in [0.5, 0.6) is 0 Å². The molecule has 2 N–H and O–H groups in total. The molecule has 1 unspecified atom stereocenters. The van der Waals surface area contributed by atoms with Gasteiger partial charge in [-0.3, -0.25) is 4.68 Å². The lowest BCUT2D eigenvalue weighted by atomic mass is 10.1. The maximum atomic E-state index is 5.89. The largest absolute Gasteiger partial charge is 0.324 e. The number of aromatic nitrogens is 2. The fourth-order valence-electron chi connectivity index (χ4n) is 2.60. The summed E-state index contributed by atoms with van der Waals surface area (Å²) in [7, 11) is 2.00. The number of nitrogens with two attached hydrogens (primary N) is 1. The first kappa shape index (κ1) is 10.5. The molecule has 3 rings (SSSR count). The quantitative estimate of drug-likeness (QED) is 0.799. The normalized spacial score (nSPS) is 19.9. The Labute approximate surface area is 101 Å². The number of benzene rings is 1. The Hall–Kier alpha value is -1.61. The first-order valence-electron chi connectivity index (χ1n) is 6.10. The molecule has 1 aromatic heterocycles. The van der Waals surface area contributed by atoms with Gasteiger partial charge in [0.05, 0.1) is 11.2 Å². The van der Waals surface area contributed by atoms with E-state index >= 15 is 0 Å². The fraction of sp³-hybridized carbons (Fsp3) is 0.357. The molecule has 88 valence electrons. The van der Waals surface area contributed by atoms with E-state index in [2.05, 4.69) is 35.4 Å². The summed E-state index contributed by atoms with van der Waals surface area (Å²) in [6.07, 6.45) is 5.34. The van der Waals surface area contributed by atoms with Crippen LogP contribution in [0.4, 0.5) is 0 Å². The maximum absolute atomic E-state index is 5.89. The second-order valence-electron chi connectivity index (χ2n) is 4.79. The molecule has 2 aromatic rings. The van der Waals surface area contributed by atoms with Gasteiger partial charge in [0, 0.05) is 24.9 Å². The third kappa shape index (κ3) is 1.87. The molecular weight excluding hydrogens is 210 g/mol. The number of hydrogen-bond acceptors (Lipinski definition) is 2. The van der Waals surface area contributed by atoms with Crippen LogP contribution >= 0.6 is 0 Å². The number of hydrogen-bond donors (Lipinski definition) is 1. The van der Waals surface area contributed by atoms with Gasteiger partial charge in [0.15, 0.2) is 0 Å². The molecule has 0 saturated heterocycles. The van der Waals surface area contributed by atoms with Crippen molar-refractivity contribution in [3.8, 4) is 0 Å². The van der Waals surface area contributed by atoms with Gasteiger partial charge in [0.1, 0.15) is 0 Å². The molecule has 0 saturated carbocycles. The first-order chi connectivity index (χ1) is 8.24. The van der Waals surface area contributed by atoms with E-state index in [1.54, 1.807) is 0 Å². The number of fused-ring (bicyclic) bond motifs is 1. The minimum Gasteiger partial charge on any atom is -0.324 e. The van der Waals surface area contributed by atoms with E-state index in [4.69, 9.17) is 5.73 Å². The molecule has 0 fully saturated rings. The SMILES string of the molecule is Cn1nc(CC2=CC(N)CC2)c2ccccc21. The zero-order valence-electron chi connectivity index (χ0n) is 10.1. The van der Waals surface area contributed by atoms with Gasteiger partial charge in [-0.25, -0.2) is 0 Å². The van der Waals surface area contributed by atoms with Crippen molar-refractivity contribution in [2.75, 3.05) is 0 Å². The number of allylic oxidation sites excluding steroid dienone is 1. The summed E-state index contributed by atoms with van der Waals surface area (Å²) in [4.78, 5) is 0. The zero-order valence-corrected chi connectivity index (χ0v) is 10.1. The van der Waals surface area contributed by atoms with Gasteiger partial charge in [-0.2, -0.15) is 5.10 Å². The van der Waals surface area contributed by atoms with Crippen LogP contribution < -0.4 is 5.73 Å². The molecule has 0 aliphatic heterocycles. The summed E-state index contributed by atoms with van der Waals surface area (Å²) in [6.45, 7) is 0. The van der Waals surface area contributed by atoms with Crippen LogP contribution in [0.15, 0.2) is 35.9 Å². The Kier molecular flexibility index (Phi) is 2.48. The molecular formula is C14H17N3. The van der Waals surface area contributed by atoms with Crippen LogP contribution in [-0.2, 0) is 13.5 Å². The Bertz CT molecular complexity index is 580. The van der Waals surface area contributed by atoms with Gasteiger partial charge in [-0.15, -0.1) is 0 Å². The lowest BCUT2D eigenvalue weighted by molar-refractivity contribution is 0.755. The minimum absolute atomic E-state index is 0.250. The predicted octanol–water partition coefficient (Wildman–Crippen LogP) is 2.16.